The second-order valence-corrected chi connectivity index (χ2v) is 6.59. The minimum Gasteiger partial charge on any atom is -0.366 e. The van der Waals surface area contributed by atoms with Gasteiger partial charge in [-0.1, -0.05) is 48.0 Å². The fourth-order valence-electron chi connectivity index (χ4n) is 2.85. The quantitative estimate of drug-likeness (QED) is 0.528. The Hall–Kier alpha value is -3.44. The molecule has 28 heavy (non-hydrogen) atoms. The van der Waals surface area contributed by atoms with Crippen molar-refractivity contribution in [2.75, 3.05) is 5.32 Å². The topological polar surface area (TPSA) is 59.8 Å². The van der Waals surface area contributed by atoms with Crippen LogP contribution >= 0.6 is 11.6 Å². The van der Waals surface area contributed by atoms with Crippen molar-refractivity contribution in [1.82, 2.24) is 14.8 Å². The summed E-state index contributed by atoms with van der Waals surface area (Å²) in [5.74, 6) is 0.380. The molecule has 0 fully saturated rings. The second kappa shape index (κ2) is 8.06. The molecule has 2 heterocycles. The van der Waals surface area contributed by atoms with Crippen molar-refractivity contribution in [2.24, 2.45) is 0 Å². The Kier molecular flexibility index (Phi) is 5.17. The maximum atomic E-state index is 13.0. The lowest BCUT2D eigenvalue weighted by Gasteiger charge is -2.10. The summed E-state index contributed by atoms with van der Waals surface area (Å²) in [7, 11) is 0. The summed E-state index contributed by atoms with van der Waals surface area (Å²) in [6.45, 7) is 0.472. The van der Waals surface area contributed by atoms with Crippen LogP contribution in [-0.4, -0.2) is 20.7 Å². The lowest BCUT2D eigenvalue weighted by molar-refractivity contribution is 0.0948. The van der Waals surface area contributed by atoms with Gasteiger partial charge in [-0.05, 0) is 35.9 Å². The molecule has 5 nitrogen and oxygen atoms in total. The number of anilines is 1. The average molecular weight is 389 g/mol. The Labute approximate surface area is 167 Å². The molecule has 138 valence electrons. The van der Waals surface area contributed by atoms with E-state index in [4.69, 9.17) is 11.6 Å². The van der Waals surface area contributed by atoms with Crippen molar-refractivity contribution < 1.29 is 4.79 Å². The summed E-state index contributed by atoms with van der Waals surface area (Å²) in [6, 6.07) is 22.2. The van der Waals surface area contributed by atoms with E-state index in [1.54, 1.807) is 24.5 Å². The molecule has 2 aromatic heterocycles. The summed E-state index contributed by atoms with van der Waals surface area (Å²) < 4.78 is 1.38. The molecule has 6 heteroatoms. The van der Waals surface area contributed by atoms with Crippen molar-refractivity contribution >= 4 is 23.3 Å². The van der Waals surface area contributed by atoms with Crippen molar-refractivity contribution in [3.8, 4) is 11.3 Å². The number of nitrogens with one attached hydrogen (secondary N) is 1. The largest absolute Gasteiger partial charge is 0.366 e. The van der Waals surface area contributed by atoms with E-state index in [1.807, 2.05) is 60.7 Å². The van der Waals surface area contributed by atoms with Crippen LogP contribution in [0.25, 0.3) is 11.3 Å². The van der Waals surface area contributed by atoms with Crippen molar-refractivity contribution in [3.05, 3.63) is 101 Å². The van der Waals surface area contributed by atoms with Gasteiger partial charge in [-0.25, -0.2) is 0 Å². The zero-order valence-electron chi connectivity index (χ0n) is 14.9. The Balaban J connectivity index is 1.70. The zero-order chi connectivity index (χ0) is 19.3. The van der Waals surface area contributed by atoms with Crippen LogP contribution in [0.4, 0.5) is 5.82 Å². The van der Waals surface area contributed by atoms with E-state index in [-0.39, 0.29) is 5.91 Å². The summed E-state index contributed by atoms with van der Waals surface area (Å²) >= 11 is 6.25. The predicted molar refractivity (Wildman–Crippen MR) is 110 cm³/mol. The molecule has 4 rings (SSSR count). The molecule has 0 spiro atoms. The molecule has 2 aromatic carbocycles. The van der Waals surface area contributed by atoms with Crippen LogP contribution < -0.4 is 5.32 Å². The number of benzene rings is 2. The number of halogens is 1. The van der Waals surface area contributed by atoms with Gasteiger partial charge in [0, 0.05) is 41.2 Å². The Bertz CT molecular complexity index is 1090. The van der Waals surface area contributed by atoms with E-state index < -0.39 is 0 Å². The Morgan fingerprint density at radius 3 is 2.54 bits per heavy atom. The molecule has 0 bridgehead atoms. The van der Waals surface area contributed by atoms with Gasteiger partial charge in [0.1, 0.15) is 5.82 Å². The first kappa shape index (κ1) is 17.9. The number of carbonyl (C=O) groups is 1. The smallest absolute Gasteiger partial charge is 0.280 e. The van der Waals surface area contributed by atoms with Gasteiger partial charge in [-0.3, -0.25) is 9.78 Å². The van der Waals surface area contributed by atoms with Crippen LogP contribution in [0.1, 0.15) is 15.9 Å². The lowest BCUT2D eigenvalue weighted by atomic mass is 10.2. The van der Waals surface area contributed by atoms with Crippen molar-refractivity contribution in [3.63, 3.8) is 0 Å². The van der Waals surface area contributed by atoms with Crippen LogP contribution in [0.15, 0.2) is 85.2 Å². The van der Waals surface area contributed by atoms with E-state index >= 15 is 0 Å². The molecular formula is C22H17ClN4O. The van der Waals surface area contributed by atoms with Crippen LogP contribution in [0.2, 0.25) is 5.02 Å². The van der Waals surface area contributed by atoms with Crippen molar-refractivity contribution in [1.29, 1.82) is 0 Å². The fraction of sp³-hybridized carbons (Fsp3) is 0.0455. The fourth-order valence-corrected chi connectivity index (χ4v) is 3.05. The first-order valence-electron chi connectivity index (χ1n) is 8.80. The number of hydrogen-bond acceptors (Lipinski definition) is 4. The van der Waals surface area contributed by atoms with E-state index in [0.29, 0.717) is 28.6 Å². The summed E-state index contributed by atoms with van der Waals surface area (Å²) in [6.07, 6.45) is 3.42. The molecule has 4 aromatic rings. The lowest BCUT2D eigenvalue weighted by Crippen LogP contribution is -2.17. The number of hydrogen-bond donors (Lipinski definition) is 1. The van der Waals surface area contributed by atoms with Gasteiger partial charge < -0.3 is 5.32 Å². The van der Waals surface area contributed by atoms with Crippen LogP contribution in [-0.2, 0) is 6.54 Å². The van der Waals surface area contributed by atoms with E-state index in [2.05, 4.69) is 15.4 Å². The molecule has 0 saturated heterocycles. The normalized spacial score (nSPS) is 10.6. The number of aromatic nitrogens is 3. The van der Waals surface area contributed by atoms with E-state index in [0.717, 1.165) is 11.1 Å². The Morgan fingerprint density at radius 1 is 1.00 bits per heavy atom. The molecule has 0 aliphatic carbocycles. The number of nitrogens with zero attached hydrogens (tertiary/aromatic N) is 3. The van der Waals surface area contributed by atoms with Crippen LogP contribution in [0, 0.1) is 0 Å². The van der Waals surface area contributed by atoms with Gasteiger partial charge in [0.2, 0.25) is 0 Å². The third-order valence-electron chi connectivity index (χ3n) is 4.30. The van der Waals surface area contributed by atoms with Crippen LogP contribution in [0.3, 0.4) is 0 Å². The van der Waals surface area contributed by atoms with Crippen molar-refractivity contribution in [2.45, 2.75) is 6.54 Å². The van der Waals surface area contributed by atoms with Gasteiger partial charge in [-0.2, -0.15) is 9.78 Å². The molecular weight excluding hydrogens is 372 g/mol. The van der Waals surface area contributed by atoms with Gasteiger partial charge in [0.15, 0.2) is 0 Å². The molecule has 0 atom stereocenters. The van der Waals surface area contributed by atoms with Gasteiger partial charge >= 0.3 is 0 Å². The summed E-state index contributed by atoms with van der Waals surface area (Å²) in [5.41, 5.74) is 3.00. The predicted octanol–water partition coefficient (Wildman–Crippen LogP) is 4.90. The van der Waals surface area contributed by atoms with Gasteiger partial charge in [0.25, 0.3) is 5.91 Å². The molecule has 0 aliphatic rings. The highest BCUT2D eigenvalue weighted by molar-refractivity contribution is 6.31. The highest BCUT2D eigenvalue weighted by Crippen LogP contribution is 2.23. The maximum Gasteiger partial charge on any atom is 0.280 e. The second-order valence-electron chi connectivity index (χ2n) is 6.18. The van der Waals surface area contributed by atoms with Crippen LogP contribution in [0.5, 0.6) is 0 Å². The third-order valence-corrected chi connectivity index (χ3v) is 4.67. The summed E-state index contributed by atoms with van der Waals surface area (Å²) in [4.78, 5) is 17.1. The minimum atomic E-state index is -0.211. The molecule has 1 N–H and O–H groups in total. The molecule has 0 radical (unpaired) electrons. The first-order valence-corrected chi connectivity index (χ1v) is 9.17. The van der Waals surface area contributed by atoms with E-state index in [1.165, 1.54) is 4.68 Å². The average Bonchev–Trinajstić information content (AvgIpc) is 3.18. The third kappa shape index (κ3) is 3.80. The molecule has 0 unspecified atom stereocenters. The van der Waals surface area contributed by atoms with Gasteiger partial charge in [-0.15, -0.1) is 0 Å². The SMILES string of the molecule is O=C(c1ccccc1)n1nc(-c2cccnc2)cc1NCc1ccccc1Cl. The van der Waals surface area contributed by atoms with Gasteiger partial charge in [0.05, 0.1) is 5.69 Å². The Morgan fingerprint density at radius 2 is 1.79 bits per heavy atom. The standard InChI is InChI=1S/C22H17ClN4O/c23-19-11-5-4-9-17(19)15-25-21-13-20(18-10-6-12-24-14-18)26-27(21)22(28)16-7-2-1-3-8-16/h1-14,25H,15H2. The van der Waals surface area contributed by atoms with E-state index in [9.17, 15) is 4.79 Å². The monoisotopic (exact) mass is 388 g/mol. The summed E-state index contributed by atoms with van der Waals surface area (Å²) in [5, 5.41) is 8.48. The molecule has 0 saturated carbocycles. The number of carbonyl (C=O) groups excluding carboxylic acids is 1. The maximum absolute atomic E-state index is 13.0. The number of rotatable bonds is 5. The first-order chi connectivity index (χ1) is 13.7. The highest BCUT2D eigenvalue weighted by Gasteiger charge is 2.17. The zero-order valence-corrected chi connectivity index (χ0v) is 15.7. The molecule has 0 aliphatic heterocycles. The molecule has 0 amide bonds. The minimum absolute atomic E-state index is 0.211. The number of pyridine rings is 1. The highest BCUT2D eigenvalue weighted by atomic mass is 35.5.